The van der Waals surface area contributed by atoms with E-state index in [9.17, 15) is 0 Å². The van der Waals surface area contributed by atoms with Crippen molar-refractivity contribution in [2.24, 2.45) is 5.10 Å². The molecule has 0 saturated carbocycles. The van der Waals surface area contributed by atoms with E-state index in [1.807, 2.05) is 78.9 Å². The third kappa shape index (κ3) is 5.41. The van der Waals surface area contributed by atoms with Gasteiger partial charge in [0.25, 0.3) is 0 Å². The summed E-state index contributed by atoms with van der Waals surface area (Å²) in [5, 5.41) is 11.4. The molecule has 0 aliphatic rings. The Balaban J connectivity index is 1.49. The third-order valence-electron chi connectivity index (χ3n) is 4.58. The number of aromatic nitrogens is 3. The Labute approximate surface area is 190 Å². The predicted octanol–water partition coefficient (Wildman–Crippen LogP) is 4.99. The van der Waals surface area contributed by atoms with Gasteiger partial charge in [-0.2, -0.15) is 14.9 Å². The Bertz CT molecular complexity index is 1240. The van der Waals surface area contributed by atoms with Crippen LogP contribution in [-0.2, 0) is 13.2 Å². The van der Waals surface area contributed by atoms with Crippen molar-refractivity contribution in [1.82, 2.24) is 14.9 Å². The van der Waals surface area contributed by atoms with Gasteiger partial charge in [-0.1, -0.05) is 48.5 Å². The number of hydrogen-bond acceptors (Lipinski definition) is 6. The van der Waals surface area contributed by atoms with E-state index in [1.165, 1.54) is 4.68 Å². The highest BCUT2D eigenvalue weighted by molar-refractivity contribution is 7.71. The predicted molar refractivity (Wildman–Crippen MR) is 125 cm³/mol. The summed E-state index contributed by atoms with van der Waals surface area (Å²) in [6.45, 7) is 0.661. The van der Waals surface area contributed by atoms with Gasteiger partial charge >= 0.3 is 0 Å². The molecule has 0 spiro atoms. The quantitative estimate of drug-likeness (QED) is 0.290. The smallest absolute Gasteiger partial charge is 0.216 e. The molecule has 0 atom stereocenters. The Kier molecular flexibility index (Phi) is 6.94. The van der Waals surface area contributed by atoms with Gasteiger partial charge in [-0.15, -0.1) is 0 Å². The number of methoxy groups -OCH3 is 1. The van der Waals surface area contributed by atoms with Crippen molar-refractivity contribution in [3.63, 3.8) is 0 Å². The third-order valence-corrected chi connectivity index (χ3v) is 4.84. The minimum absolute atomic E-state index is 0.225. The van der Waals surface area contributed by atoms with Crippen LogP contribution in [0.1, 0.15) is 17.0 Å². The number of rotatable bonds is 9. The number of ether oxygens (including phenoxy) is 3. The molecule has 0 unspecified atom stereocenters. The molecule has 0 saturated heterocycles. The van der Waals surface area contributed by atoms with Crippen LogP contribution < -0.4 is 14.2 Å². The Morgan fingerprint density at radius 2 is 1.69 bits per heavy atom. The van der Waals surface area contributed by atoms with Crippen LogP contribution in [0.4, 0.5) is 0 Å². The number of para-hydroxylation sites is 1. The first-order chi connectivity index (χ1) is 15.7. The molecule has 4 rings (SSSR count). The molecule has 0 bridgehead atoms. The maximum Gasteiger partial charge on any atom is 0.216 e. The molecule has 1 N–H and O–H groups in total. The van der Waals surface area contributed by atoms with E-state index < -0.39 is 0 Å². The van der Waals surface area contributed by atoms with E-state index in [1.54, 1.807) is 13.3 Å². The van der Waals surface area contributed by atoms with Gasteiger partial charge in [0.15, 0.2) is 17.3 Å². The van der Waals surface area contributed by atoms with Crippen LogP contribution in [0.5, 0.6) is 17.2 Å². The maximum absolute atomic E-state index is 5.97. The molecule has 32 heavy (non-hydrogen) atoms. The fraction of sp³-hybridized carbons (Fsp3) is 0.125. The molecule has 8 heteroatoms. The van der Waals surface area contributed by atoms with Crippen LogP contribution in [0.2, 0.25) is 0 Å². The van der Waals surface area contributed by atoms with Crippen LogP contribution in [0.15, 0.2) is 84.0 Å². The molecule has 7 nitrogen and oxygen atoms in total. The minimum atomic E-state index is 0.225. The fourth-order valence-corrected chi connectivity index (χ4v) is 3.15. The van der Waals surface area contributed by atoms with Crippen LogP contribution in [0.25, 0.3) is 0 Å². The summed E-state index contributed by atoms with van der Waals surface area (Å²) < 4.78 is 19.1. The molecular weight excluding hydrogens is 424 g/mol. The number of H-pyrrole nitrogens is 1. The van der Waals surface area contributed by atoms with Gasteiger partial charge in [0, 0.05) is 0 Å². The zero-order valence-electron chi connectivity index (χ0n) is 17.5. The fourth-order valence-electron chi connectivity index (χ4n) is 2.95. The lowest BCUT2D eigenvalue weighted by Gasteiger charge is -2.11. The molecular formula is C24H22N4O3S. The van der Waals surface area contributed by atoms with Crippen molar-refractivity contribution < 1.29 is 14.2 Å². The molecule has 0 aliphatic heterocycles. The second kappa shape index (κ2) is 10.4. The van der Waals surface area contributed by atoms with Gasteiger partial charge in [0.1, 0.15) is 19.0 Å². The van der Waals surface area contributed by atoms with Gasteiger partial charge in [-0.05, 0) is 53.7 Å². The standard InChI is InChI=1S/C24H22N4O3S/c1-29-21-13-12-19(14-22(21)31-16-18-8-4-2-5-9-18)15-25-28-23(26-27-24(28)32)17-30-20-10-6-3-7-11-20/h2-15H,16-17H2,1H3,(H,27,32)/b25-15-. The number of aromatic amines is 1. The van der Waals surface area contributed by atoms with E-state index >= 15 is 0 Å². The highest BCUT2D eigenvalue weighted by Gasteiger charge is 2.08. The molecule has 162 valence electrons. The second-order valence-corrected chi connectivity index (χ2v) is 7.17. The molecule has 3 aromatic carbocycles. The Hall–Kier alpha value is -3.91. The van der Waals surface area contributed by atoms with E-state index in [2.05, 4.69) is 15.3 Å². The molecule has 0 radical (unpaired) electrons. The first kappa shape index (κ1) is 21.3. The minimum Gasteiger partial charge on any atom is -0.493 e. The molecule has 0 amide bonds. The normalized spacial score (nSPS) is 10.9. The summed E-state index contributed by atoms with van der Waals surface area (Å²) in [5.74, 6) is 2.58. The van der Waals surface area contributed by atoms with E-state index in [0.717, 1.165) is 16.9 Å². The van der Waals surface area contributed by atoms with Gasteiger partial charge in [-0.25, -0.2) is 5.10 Å². The van der Waals surface area contributed by atoms with Crippen molar-refractivity contribution in [2.75, 3.05) is 7.11 Å². The van der Waals surface area contributed by atoms with Crippen molar-refractivity contribution in [3.8, 4) is 17.2 Å². The number of hydrogen-bond donors (Lipinski definition) is 1. The van der Waals surface area contributed by atoms with Gasteiger partial charge in [0.05, 0.1) is 13.3 Å². The lowest BCUT2D eigenvalue weighted by atomic mass is 10.2. The topological polar surface area (TPSA) is 73.7 Å². The molecule has 4 aromatic rings. The van der Waals surface area contributed by atoms with Crippen molar-refractivity contribution in [3.05, 3.63) is 101 Å². The molecule has 0 aliphatic carbocycles. The average Bonchev–Trinajstić information content (AvgIpc) is 3.20. The number of nitrogens with one attached hydrogen (secondary N) is 1. The monoisotopic (exact) mass is 446 g/mol. The van der Waals surface area contributed by atoms with Crippen molar-refractivity contribution in [2.45, 2.75) is 13.2 Å². The van der Waals surface area contributed by atoms with Crippen LogP contribution in [0.3, 0.4) is 0 Å². The van der Waals surface area contributed by atoms with Crippen LogP contribution >= 0.6 is 12.2 Å². The van der Waals surface area contributed by atoms with E-state index in [4.69, 9.17) is 26.4 Å². The summed E-state index contributed by atoms with van der Waals surface area (Å²) in [4.78, 5) is 0. The average molecular weight is 447 g/mol. The van der Waals surface area contributed by atoms with E-state index in [-0.39, 0.29) is 6.61 Å². The SMILES string of the molecule is COc1ccc(/C=N\n2c(COc3ccccc3)n[nH]c2=S)cc1OCc1ccccc1. The Morgan fingerprint density at radius 1 is 0.938 bits per heavy atom. The first-order valence-electron chi connectivity index (χ1n) is 9.96. The van der Waals surface area contributed by atoms with Crippen molar-refractivity contribution in [1.29, 1.82) is 0 Å². The van der Waals surface area contributed by atoms with Crippen LogP contribution in [-0.4, -0.2) is 28.2 Å². The van der Waals surface area contributed by atoms with Gasteiger partial charge in [0.2, 0.25) is 4.77 Å². The van der Waals surface area contributed by atoms with Crippen molar-refractivity contribution >= 4 is 18.4 Å². The summed E-state index contributed by atoms with van der Waals surface area (Å²) in [6.07, 6.45) is 1.69. The number of benzene rings is 3. The zero-order chi connectivity index (χ0) is 22.2. The molecule has 1 heterocycles. The lowest BCUT2D eigenvalue weighted by molar-refractivity contribution is 0.284. The highest BCUT2D eigenvalue weighted by atomic mass is 32.1. The highest BCUT2D eigenvalue weighted by Crippen LogP contribution is 2.28. The van der Waals surface area contributed by atoms with Gasteiger partial charge in [-0.3, -0.25) is 0 Å². The zero-order valence-corrected chi connectivity index (χ0v) is 18.3. The van der Waals surface area contributed by atoms with Crippen LogP contribution in [0, 0.1) is 4.77 Å². The Morgan fingerprint density at radius 3 is 2.44 bits per heavy atom. The lowest BCUT2D eigenvalue weighted by Crippen LogP contribution is -2.04. The van der Waals surface area contributed by atoms with E-state index in [0.29, 0.717) is 28.7 Å². The summed E-state index contributed by atoms with van der Waals surface area (Å²) in [7, 11) is 1.61. The summed E-state index contributed by atoms with van der Waals surface area (Å²) >= 11 is 5.31. The second-order valence-electron chi connectivity index (χ2n) is 6.79. The maximum atomic E-state index is 5.97. The number of nitrogens with zero attached hydrogens (tertiary/aromatic N) is 3. The summed E-state index contributed by atoms with van der Waals surface area (Å²) in [5.41, 5.74) is 1.90. The first-order valence-corrected chi connectivity index (χ1v) is 10.4. The largest absolute Gasteiger partial charge is 0.493 e. The summed E-state index contributed by atoms with van der Waals surface area (Å²) in [6, 6.07) is 25.1. The van der Waals surface area contributed by atoms with Gasteiger partial charge < -0.3 is 14.2 Å². The molecule has 1 aromatic heterocycles. The molecule has 0 fully saturated rings.